The number of aromatic amines is 2. The molecule has 4 N–H and O–H groups in total. The summed E-state index contributed by atoms with van der Waals surface area (Å²) < 4.78 is 4.97. The molecule has 29 heavy (non-hydrogen) atoms. The van der Waals surface area contributed by atoms with Crippen LogP contribution in [0.3, 0.4) is 0 Å². The van der Waals surface area contributed by atoms with Crippen LogP contribution in [-0.2, 0) is 11.3 Å². The third kappa shape index (κ3) is 3.73. The van der Waals surface area contributed by atoms with Crippen LogP contribution in [0.5, 0.6) is 0 Å². The molecule has 0 atom stereocenters. The second-order valence-electron chi connectivity index (χ2n) is 6.58. The predicted octanol–water partition coefficient (Wildman–Crippen LogP) is 3.16. The highest BCUT2D eigenvalue weighted by atomic mass is 16.5. The number of imidazole rings is 1. The molecule has 0 unspecified atom stereocenters. The molecule has 8 heteroatoms. The number of carbonyl (C=O) groups excluding carboxylic acids is 1. The average molecular weight is 388 g/mol. The number of fused-ring (bicyclic) bond motifs is 1. The molecule has 0 aliphatic heterocycles. The Labute approximate surface area is 166 Å². The number of carbonyl (C=O) groups is 1. The van der Waals surface area contributed by atoms with E-state index in [2.05, 4.69) is 25.3 Å². The summed E-state index contributed by atoms with van der Waals surface area (Å²) in [6.07, 6.45) is 1.69. The number of nitrogens with zero attached hydrogens (tertiary/aromatic N) is 2. The Hall–Kier alpha value is -3.94. The van der Waals surface area contributed by atoms with Crippen LogP contribution in [0.4, 0.5) is 0 Å². The van der Waals surface area contributed by atoms with Crippen molar-refractivity contribution in [3.63, 3.8) is 0 Å². The molecule has 4 aromatic rings. The molecule has 8 nitrogen and oxygen atoms in total. The lowest BCUT2D eigenvalue weighted by atomic mass is 10.1. The highest BCUT2D eigenvalue weighted by molar-refractivity contribution is 5.97. The number of aromatic nitrogens is 4. The number of ether oxygens (including phenoxy) is 1. The molecule has 3 aromatic heterocycles. The summed E-state index contributed by atoms with van der Waals surface area (Å²) >= 11 is 0. The largest absolute Gasteiger partial charge is 0.480 e. The molecule has 0 aliphatic rings. The van der Waals surface area contributed by atoms with Crippen LogP contribution >= 0.6 is 0 Å². The monoisotopic (exact) mass is 388 g/mol. The smallest absolute Gasteiger partial charge is 0.287 e. The Bertz CT molecular complexity index is 1190. The van der Waals surface area contributed by atoms with Gasteiger partial charge in [0.15, 0.2) is 5.82 Å². The lowest BCUT2D eigenvalue weighted by Gasteiger charge is -2.02. The number of methoxy groups -OCH3 is 1. The van der Waals surface area contributed by atoms with Gasteiger partial charge in [0.2, 0.25) is 5.90 Å². The molecular weight excluding hydrogens is 368 g/mol. The first-order valence-corrected chi connectivity index (χ1v) is 9.06. The zero-order valence-electron chi connectivity index (χ0n) is 16.0. The van der Waals surface area contributed by atoms with Crippen molar-refractivity contribution < 1.29 is 9.53 Å². The Kier molecular flexibility index (Phi) is 4.82. The van der Waals surface area contributed by atoms with Gasteiger partial charge >= 0.3 is 0 Å². The topological polar surface area (TPSA) is 120 Å². The number of amides is 1. The number of pyridine rings is 1. The number of H-pyrrole nitrogens is 2. The molecule has 0 saturated carbocycles. The summed E-state index contributed by atoms with van der Waals surface area (Å²) in [5.74, 6) is 0.0403. The van der Waals surface area contributed by atoms with E-state index >= 15 is 0 Å². The van der Waals surface area contributed by atoms with Crippen molar-refractivity contribution in [2.24, 2.45) is 0 Å². The van der Waals surface area contributed by atoms with Crippen LogP contribution in [0.2, 0.25) is 0 Å². The van der Waals surface area contributed by atoms with Crippen molar-refractivity contribution in [1.82, 2.24) is 25.3 Å². The van der Waals surface area contributed by atoms with Crippen molar-refractivity contribution in [1.29, 1.82) is 5.41 Å². The maximum Gasteiger partial charge on any atom is 0.287 e. The van der Waals surface area contributed by atoms with Crippen LogP contribution in [0.25, 0.3) is 22.2 Å². The summed E-state index contributed by atoms with van der Waals surface area (Å²) in [6, 6.07) is 13.2. The van der Waals surface area contributed by atoms with Crippen LogP contribution in [0, 0.1) is 12.3 Å². The van der Waals surface area contributed by atoms with Gasteiger partial charge in [-0.15, -0.1) is 0 Å². The van der Waals surface area contributed by atoms with E-state index in [1.54, 1.807) is 6.20 Å². The Balaban J connectivity index is 1.57. The minimum absolute atomic E-state index is 0.0746. The fourth-order valence-corrected chi connectivity index (χ4v) is 3.12. The lowest BCUT2D eigenvalue weighted by molar-refractivity contribution is 0.0941. The SMILES string of the molecule is COC(=N)c1cc2cc(-c3nc(C(=O)NCc4ccccn4)[nH]c3C)ccc2[nH]1. The molecule has 3 heterocycles. The number of aryl methyl sites for hydroxylation is 1. The van der Waals surface area contributed by atoms with Crippen LogP contribution in [0.1, 0.15) is 27.7 Å². The van der Waals surface area contributed by atoms with Gasteiger partial charge in [-0.3, -0.25) is 15.2 Å². The van der Waals surface area contributed by atoms with Gasteiger partial charge in [0.05, 0.1) is 25.0 Å². The minimum atomic E-state index is -0.288. The maximum atomic E-state index is 12.5. The molecule has 4 rings (SSSR count). The molecule has 1 amide bonds. The van der Waals surface area contributed by atoms with Gasteiger partial charge in [-0.2, -0.15) is 0 Å². The number of benzene rings is 1. The Morgan fingerprint density at radius 2 is 2.07 bits per heavy atom. The average Bonchev–Trinajstić information content (AvgIpc) is 3.35. The second-order valence-corrected chi connectivity index (χ2v) is 6.58. The summed E-state index contributed by atoms with van der Waals surface area (Å²) in [6.45, 7) is 2.21. The zero-order valence-corrected chi connectivity index (χ0v) is 16.0. The first-order chi connectivity index (χ1) is 14.0. The maximum absolute atomic E-state index is 12.5. The lowest BCUT2D eigenvalue weighted by Crippen LogP contribution is -2.24. The van der Waals surface area contributed by atoms with Crippen molar-refractivity contribution in [3.8, 4) is 11.3 Å². The van der Waals surface area contributed by atoms with Gasteiger partial charge in [-0.1, -0.05) is 12.1 Å². The molecule has 0 aliphatic carbocycles. The van der Waals surface area contributed by atoms with E-state index in [1.165, 1.54) is 7.11 Å². The van der Waals surface area contributed by atoms with Crippen LogP contribution in [-0.4, -0.2) is 38.9 Å². The molecule has 0 saturated heterocycles. The third-order valence-electron chi connectivity index (χ3n) is 4.60. The minimum Gasteiger partial charge on any atom is -0.480 e. The quantitative estimate of drug-likeness (QED) is 0.310. The Morgan fingerprint density at radius 1 is 1.21 bits per heavy atom. The fraction of sp³-hybridized carbons (Fsp3) is 0.143. The van der Waals surface area contributed by atoms with E-state index < -0.39 is 0 Å². The number of nitrogens with one attached hydrogen (secondary N) is 4. The number of hydrogen-bond donors (Lipinski definition) is 4. The van der Waals surface area contributed by atoms with E-state index in [0.717, 1.165) is 27.9 Å². The van der Waals surface area contributed by atoms with Crippen molar-refractivity contribution in [2.75, 3.05) is 7.11 Å². The van der Waals surface area contributed by atoms with E-state index in [9.17, 15) is 4.79 Å². The second kappa shape index (κ2) is 7.59. The van der Waals surface area contributed by atoms with Gasteiger partial charge in [0.25, 0.3) is 5.91 Å². The first-order valence-electron chi connectivity index (χ1n) is 9.06. The van der Waals surface area contributed by atoms with Gasteiger partial charge in [0, 0.05) is 28.4 Å². The van der Waals surface area contributed by atoms with E-state index in [1.807, 2.05) is 49.4 Å². The number of rotatable bonds is 5. The van der Waals surface area contributed by atoms with Gasteiger partial charge in [-0.05, 0) is 37.3 Å². The third-order valence-corrected chi connectivity index (χ3v) is 4.60. The van der Waals surface area contributed by atoms with Gasteiger partial charge < -0.3 is 20.0 Å². The van der Waals surface area contributed by atoms with Crippen LogP contribution < -0.4 is 5.32 Å². The summed E-state index contributed by atoms with van der Waals surface area (Å²) in [4.78, 5) is 27.3. The fourth-order valence-electron chi connectivity index (χ4n) is 3.12. The molecule has 1 aromatic carbocycles. The molecular formula is C21H20N6O2. The molecule has 0 fully saturated rings. The summed E-state index contributed by atoms with van der Waals surface area (Å²) in [5, 5.41) is 11.5. The molecule has 146 valence electrons. The number of hydrogen-bond acceptors (Lipinski definition) is 5. The van der Waals surface area contributed by atoms with Crippen molar-refractivity contribution >= 4 is 22.7 Å². The van der Waals surface area contributed by atoms with Crippen molar-refractivity contribution in [2.45, 2.75) is 13.5 Å². The van der Waals surface area contributed by atoms with E-state index in [0.29, 0.717) is 17.9 Å². The predicted molar refractivity (Wildman–Crippen MR) is 110 cm³/mol. The normalized spacial score (nSPS) is 10.8. The van der Waals surface area contributed by atoms with Crippen molar-refractivity contribution in [3.05, 3.63) is 71.6 Å². The highest BCUT2D eigenvalue weighted by Crippen LogP contribution is 2.26. The molecule has 0 bridgehead atoms. The first kappa shape index (κ1) is 18.4. The van der Waals surface area contributed by atoms with E-state index in [-0.39, 0.29) is 17.6 Å². The summed E-state index contributed by atoms with van der Waals surface area (Å²) in [7, 11) is 1.47. The van der Waals surface area contributed by atoms with Crippen LogP contribution in [0.15, 0.2) is 48.7 Å². The van der Waals surface area contributed by atoms with E-state index in [4.69, 9.17) is 10.1 Å². The Morgan fingerprint density at radius 3 is 2.83 bits per heavy atom. The van der Waals surface area contributed by atoms with Gasteiger partial charge in [-0.25, -0.2) is 4.98 Å². The zero-order chi connectivity index (χ0) is 20.4. The highest BCUT2D eigenvalue weighted by Gasteiger charge is 2.16. The molecule has 0 spiro atoms. The van der Waals surface area contributed by atoms with Gasteiger partial charge in [0.1, 0.15) is 5.69 Å². The standard InChI is InChI=1S/C21H20N6O2/c1-12-18(13-6-7-16-14(9-13)10-17(26-16)19(22)29-2)27-20(25-12)21(28)24-11-15-5-3-4-8-23-15/h3-10,22,26H,11H2,1-2H3,(H,24,28)(H,25,27). The summed E-state index contributed by atoms with van der Waals surface area (Å²) in [5.41, 5.74) is 4.66. The molecule has 0 radical (unpaired) electrons.